The molecule has 0 saturated carbocycles. The first kappa shape index (κ1) is 38.8. The van der Waals surface area contributed by atoms with E-state index in [9.17, 15) is 4.57 Å². The van der Waals surface area contributed by atoms with Crippen LogP contribution in [0.1, 0.15) is 200 Å². The molecule has 0 saturated heterocycles. The van der Waals surface area contributed by atoms with Gasteiger partial charge in [0.2, 0.25) is 0 Å². The summed E-state index contributed by atoms with van der Waals surface area (Å²) >= 11 is 0. The Morgan fingerprint density at radius 1 is 0.385 bits per heavy atom. The molecule has 3 nitrogen and oxygen atoms in total. The zero-order valence-corrected chi connectivity index (χ0v) is 27.6. The zero-order valence-electron chi connectivity index (χ0n) is 26.7. The van der Waals surface area contributed by atoms with Crippen molar-refractivity contribution in [3.05, 3.63) is 12.2 Å². The van der Waals surface area contributed by atoms with E-state index in [2.05, 4.69) is 26.0 Å². The Morgan fingerprint density at radius 2 is 0.641 bits per heavy atom. The van der Waals surface area contributed by atoms with Gasteiger partial charge in [-0.25, -0.2) is 0 Å². The van der Waals surface area contributed by atoms with E-state index in [-0.39, 0.29) is 0 Å². The second kappa shape index (κ2) is 35.8. The van der Waals surface area contributed by atoms with Crippen molar-refractivity contribution in [1.29, 1.82) is 0 Å². The lowest BCUT2D eigenvalue weighted by atomic mass is 10.0. The molecule has 4 heteroatoms. The van der Waals surface area contributed by atoms with Crippen LogP contribution >= 0.6 is 8.25 Å². The molecule has 0 amide bonds. The van der Waals surface area contributed by atoms with Crippen LogP contribution in [-0.4, -0.2) is 13.2 Å². The second-order valence-electron chi connectivity index (χ2n) is 11.8. The molecular formula is C35H70O3P+. The fourth-order valence-electron chi connectivity index (χ4n) is 5.14. The fourth-order valence-corrected chi connectivity index (χ4v) is 5.77. The lowest BCUT2D eigenvalue weighted by Gasteiger charge is -2.03. The van der Waals surface area contributed by atoms with Crippen LogP contribution in [0.4, 0.5) is 0 Å². The largest absolute Gasteiger partial charge is 0.697 e. The summed E-state index contributed by atoms with van der Waals surface area (Å²) in [6.45, 7) is 5.70. The van der Waals surface area contributed by atoms with Gasteiger partial charge in [0.25, 0.3) is 0 Å². The van der Waals surface area contributed by atoms with Crippen LogP contribution < -0.4 is 0 Å². The van der Waals surface area contributed by atoms with Gasteiger partial charge in [-0.2, -0.15) is 0 Å². The van der Waals surface area contributed by atoms with Gasteiger partial charge in [0, 0.05) is 4.57 Å². The third-order valence-corrected chi connectivity index (χ3v) is 8.58. The van der Waals surface area contributed by atoms with Crippen molar-refractivity contribution in [1.82, 2.24) is 0 Å². The summed E-state index contributed by atoms with van der Waals surface area (Å²) in [6.07, 6.45) is 43.2. The highest BCUT2D eigenvalue weighted by Gasteiger charge is 2.18. The standard InChI is InChI=1S/C35H70O3P/c1-3-5-7-9-11-13-15-17-19-21-23-25-27-29-31-33-35-38-39(36)37-34-32-30-28-26-24-22-20-18-16-14-12-10-8-6-4-2/h16,18H,3-15,17,19-35H2,1-2H3/q+1/b18-16-. The maximum absolute atomic E-state index is 11.8. The predicted octanol–water partition coefficient (Wildman–Crippen LogP) is 13.6. The molecule has 39 heavy (non-hydrogen) atoms. The quantitative estimate of drug-likeness (QED) is 0.0439. The summed E-state index contributed by atoms with van der Waals surface area (Å²) in [5, 5.41) is 0. The normalized spacial score (nSPS) is 12.1. The highest BCUT2D eigenvalue weighted by Crippen LogP contribution is 2.25. The van der Waals surface area contributed by atoms with Crippen LogP contribution in [0.25, 0.3) is 0 Å². The third-order valence-electron chi connectivity index (χ3n) is 7.80. The first-order valence-corrected chi connectivity index (χ1v) is 18.8. The van der Waals surface area contributed by atoms with Gasteiger partial charge in [-0.15, -0.1) is 9.05 Å². The number of allylic oxidation sites excluding steroid dienone is 2. The molecule has 0 rings (SSSR count). The highest BCUT2D eigenvalue weighted by molar-refractivity contribution is 7.33. The van der Waals surface area contributed by atoms with Crippen LogP contribution in [0.3, 0.4) is 0 Å². The van der Waals surface area contributed by atoms with Gasteiger partial charge in [-0.05, 0) is 38.5 Å². The molecule has 0 aliphatic heterocycles. The average Bonchev–Trinajstić information content (AvgIpc) is 2.94. The van der Waals surface area contributed by atoms with Gasteiger partial charge in [-0.1, -0.05) is 174 Å². The number of rotatable bonds is 34. The zero-order chi connectivity index (χ0) is 28.3. The smallest absolute Gasteiger partial charge is 0.119 e. The molecular weight excluding hydrogens is 499 g/mol. The SMILES string of the molecule is CCCCCCC/C=C\CCCCCCCCO[P+](=O)OCCCCCCCCCCCCCCCCCC. The van der Waals surface area contributed by atoms with E-state index in [0.29, 0.717) is 13.2 Å². The first-order chi connectivity index (χ1) is 19.3. The summed E-state index contributed by atoms with van der Waals surface area (Å²) < 4.78 is 22.6. The molecule has 0 N–H and O–H groups in total. The van der Waals surface area contributed by atoms with Gasteiger partial charge >= 0.3 is 8.25 Å². The van der Waals surface area contributed by atoms with Crippen LogP contribution in [0.5, 0.6) is 0 Å². The number of unbranched alkanes of at least 4 members (excludes halogenated alkanes) is 26. The van der Waals surface area contributed by atoms with E-state index in [0.717, 1.165) is 19.3 Å². The molecule has 1 unspecified atom stereocenters. The number of hydrogen-bond acceptors (Lipinski definition) is 3. The first-order valence-electron chi connectivity index (χ1n) is 17.7. The average molecular weight is 570 g/mol. The molecule has 0 aromatic heterocycles. The van der Waals surface area contributed by atoms with E-state index in [1.54, 1.807) is 0 Å². The molecule has 0 aromatic carbocycles. The minimum atomic E-state index is -1.92. The van der Waals surface area contributed by atoms with Crippen molar-refractivity contribution >= 4 is 8.25 Å². The Balaban J connectivity index is 3.18. The Morgan fingerprint density at radius 3 is 0.949 bits per heavy atom. The van der Waals surface area contributed by atoms with Gasteiger partial charge in [0.15, 0.2) is 0 Å². The maximum Gasteiger partial charge on any atom is 0.697 e. The number of hydrogen-bond donors (Lipinski definition) is 0. The van der Waals surface area contributed by atoms with Crippen molar-refractivity contribution in [2.24, 2.45) is 0 Å². The van der Waals surface area contributed by atoms with Crippen molar-refractivity contribution in [2.75, 3.05) is 13.2 Å². The Hall–Kier alpha value is -0.240. The summed E-state index contributed by atoms with van der Waals surface area (Å²) in [5.41, 5.74) is 0. The van der Waals surface area contributed by atoms with Gasteiger partial charge < -0.3 is 0 Å². The van der Waals surface area contributed by atoms with E-state index in [1.807, 2.05) is 0 Å². The minimum Gasteiger partial charge on any atom is -0.119 e. The van der Waals surface area contributed by atoms with Crippen molar-refractivity contribution < 1.29 is 13.6 Å². The van der Waals surface area contributed by atoms with Crippen LogP contribution in [0.2, 0.25) is 0 Å². The fraction of sp³-hybridized carbons (Fsp3) is 0.943. The highest BCUT2D eigenvalue weighted by atomic mass is 31.1. The molecule has 0 fully saturated rings. The molecule has 232 valence electrons. The van der Waals surface area contributed by atoms with E-state index >= 15 is 0 Å². The third kappa shape index (κ3) is 35.7. The lowest BCUT2D eigenvalue weighted by molar-refractivity contribution is 0.218. The van der Waals surface area contributed by atoms with Crippen molar-refractivity contribution in [3.63, 3.8) is 0 Å². The Bertz CT molecular complexity index is 494. The molecule has 0 aliphatic rings. The Kier molecular flexibility index (Phi) is 35.6. The lowest BCUT2D eigenvalue weighted by Crippen LogP contribution is -1.92. The van der Waals surface area contributed by atoms with E-state index in [1.165, 1.54) is 167 Å². The van der Waals surface area contributed by atoms with Crippen LogP contribution in [-0.2, 0) is 13.6 Å². The summed E-state index contributed by atoms with van der Waals surface area (Å²) in [7, 11) is -1.92. The summed E-state index contributed by atoms with van der Waals surface area (Å²) in [4.78, 5) is 0. The van der Waals surface area contributed by atoms with Crippen molar-refractivity contribution in [3.8, 4) is 0 Å². The van der Waals surface area contributed by atoms with Crippen LogP contribution in [0, 0.1) is 0 Å². The molecule has 0 radical (unpaired) electrons. The molecule has 1 atom stereocenters. The van der Waals surface area contributed by atoms with E-state index in [4.69, 9.17) is 9.05 Å². The molecule has 0 spiro atoms. The topological polar surface area (TPSA) is 35.5 Å². The monoisotopic (exact) mass is 570 g/mol. The van der Waals surface area contributed by atoms with Crippen molar-refractivity contribution in [2.45, 2.75) is 200 Å². The van der Waals surface area contributed by atoms with Gasteiger partial charge in [0.05, 0.1) is 0 Å². The second-order valence-corrected chi connectivity index (χ2v) is 12.7. The van der Waals surface area contributed by atoms with Gasteiger partial charge in [0.1, 0.15) is 13.2 Å². The molecule has 0 aliphatic carbocycles. The summed E-state index contributed by atoms with van der Waals surface area (Å²) in [6, 6.07) is 0. The van der Waals surface area contributed by atoms with Crippen LogP contribution in [0.15, 0.2) is 12.2 Å². The predicted molar refractivity (Wildman–Crippen MR) is 174 cm³/mol. The van der Waals surface area contributed by atoms with Gasteiger partial charge in [-0.3, -0.25) is 0 Å². The minimum absolute atomic E-state index is 0.565. The molecule has 0 heterocycles. The molecule has 0 aromatic rings. The maximum atomic E-state index is 11.8. The summed E-state index contributed by atoms with van der Waals surface area (Å²) in [5.74, 6) is 0. The Labute approximate surface area is 247 Å². The van der Waals surface area contributed by atoms with E-state index < -0.39 is 8.25 Å². The molecule has 0 bridgehead atoms.